The zero-order valence-electron chi connectivity index (χ0n) is 11.4. The molecular formula is C18H18O2. The lowest BCUT2D eigenvalue weighted by Crippen LogP contribution is -2.00. The first-order valence-electron chi connectivity index (χ1n) is 6.76. The lowest BCUT2D eigenvalue weighted by Gasteiger charge is -2.01. The van der Waals surface area contributed by atoms with Crippen LogP contribution in [0.5, 0.6) is 0 Å². The van der Waals surface area contributed by atoms with Gasteiger partial charge in [-0.1, -0.05) is 66.7 Å². The largest absolute Gasteiger partial charge is 0.458 e. The number of benzene rings is 2. The summed E-state index contributed by atoms with van der Waals surface area (Å²) in [5, 5.41) is 0. The maximum Gasteiger partial charge on any atom is 0.330 e. The van der Waals surface area contributed by atoms with Crippen molar-refractivity contribution in [1.29, 1.82) is 0 Å². The van der Waals surface area contributed by atoms with Gasteiger partial charge in [0, 0.05) is 6.08 Å². The van der Waals surface area contributed by atoms with Gasteiger partial charge in [-0.15, -0.1) is 0 Å². The molecule has 0 aliphatic heterocycles. The maximum atomic E-state index is 11.5. The Balaban J connectivity index is 1.68. The molecule has 0 saturated heterocycles. The zero-order valence-corrected chi connectivity index (χ0v) is 11.4. The minimum atomic E-state index is -0.290. The predicted octanol–water partition coefficient (Wildman–Crippen LogP) is 3.92. The lowest BCUT2D eigenvalue weighted by molar-refractivity contribution is -0.139. The van der Waals surface area contributed by atoms with Crippen LogP contribution in [-0.2, 0) is 22.6 Å². The van der Waals surface area contributed by atoms with E-state index in [9.17, 15) is 4.79 Å². The standard InChI is InChI=1S/C18H18O2/c19-18(20-15-17-12-5-2-6-13-17)14-8-7-11-16-9-3-1-4-10-16/h1-6,8-10,12-14H,7,11,15H2/b14-8+. The molecule has 102 valence electrons. The number of allylic oxidation sites excluding steroid dienone is 1. The fraction of sp³-hybridized carbons (Fsp3) is 0.167. The molecule has 2 nitrogen and oxygen atoms in total. The average Bonchev–Trinajstić information content (AvgIpc) is 2.52. The number of carbonyl (C=O) groups excluding carboxylic acids is 1. The van der Waals surface area contributed by atoms with E-state index in [1.807, 2.05) is 54.6 Å². The quantitative estimate of drug-likeness (QED) is 0.585. The van der Waals surface area contributed by atoms with Crippen LogP contribution in [0.1, 0.15) is 17.5 Å². The van der Waals surface area contributed by atoms with Crippen molar-refractivity contribution in [1.82, 2.24) is 0 Å². The fourth-order valence-electron chi connectivity index (χ4n) is 1.85. The third-order valence-electron chi connectivity index (χ3n) is 2.92. The smallest absolute Gasteiger partial charge is 0.330 e. The minimum Gasteiger partial charge on any atom is -0.458 e. The van der Waals surface area contributed by atoms with Gasteiger partial charge in [0.15, 0.2) is 0 Å². The first-order valence-corrected chi connectivity index (χ1v) is 6.76. The molecular weight excluding hydrogens is 248 g/mol. The Labute approximate surface area is 119 Å². The first-order chi connectivity index (χ1) is 9.84. The van der Waals surface area contributed by atoms with Gasteiger partial charge >= 0.3 is 5.97 Å². The molecule has 2 aromatic rings. The second kappa shape index (κ2) is 7.95. The molecule has 0 unspecified atom stereocenters. The zero-order chi connectivity index (χ0) is 14.0. The average molecular weight is 266 g/mol. The van der Waals surface area contributed by atoms with E-state index >= 15 is 0 Å². The Morgan fingerprint density at radius 3 is 2.15 bits per heavy atom. The summed E-state index contributed by atoms with van der Waals surface area (Å²) in [4.78, 5) is 11.5. The second-order valence-electron chi connectivity index (χ2n) is 4.52. The highest BCUT2D eigenvalue weighted by atomic mass is 16.5. The molecule has 0 heterocycles. The third kappa shape index (κ3) is 5.11. The monoisotopic (exact) mass is 266 g/mol. The molecule has 0 aromatic heterocycles. The van der Waals surface area contributed by atoms with E-state index in [0.717, 1.165) is 18.4 Å². The topological polar surface area (TPSA) is 26.3 Å². The minimum absolute atomic E-state index is 0.290. The van der Waals surface area contributed by atoms with E-state index in [4.69, 9.17) is 4.74 Å². The van der Waals surface area contributed by atoms with Gasteiger partial charge in [0.25, 0.3) is 0 Å². The molecule has 0 spiro atoms. The summed E-state index contributed by atoms with van der Waals surface area (Å²) in [7, 11) is 0. The summed E-state index contributed by atoms with van der Waals surface area (Å²) in [5.41, 5.74) is 2.27. The molecule has 2 aromatic carbocycles. The summed E-state index contributed by atoms with van der Waals surface area (Å²) in [6, 6.07) is 19.9. The van der Waals surface area contributed by atoms with E-state index < -0.39 is 0 Å². The number of rotatable bonds is 6. The molecule has 0 amide bonds. The van der Waals surface area contributed by atoms with Crippen LogP contribution < -0.4 is 0 Å². The van der Waals surface area contributed by atoms with Gasteiger partial charge in [-0.25, -0.2) is 4.79 Å². The van der Waals surface area contributed by atoms with Crippen molar-refractivity contribution in [2.45, 2.75) is 19.4 Å². The molecule has 0 aliphatic carbocycles. The molecule has 0 aliphatic rings. The van der Waals surface area contributed by atoms with Gasteiger partial charge in [0.05, 0.1) is 0 Å². The summed E-state index contributed by atoms with van der Waals surface area (Å²) in [6.07, 6.45) is 5.14. The molecule has 0 fully saturated rings. The van der Waals surface area contributed by atoms with Gasteiger partial charge in [-0.2, -0.15) is 0 Å². The molecule has 2 rings (SSSR count). The van der Waals surface area contributed by atoms with Crippen molar-refractivity contribution in [3.8, 4) is 0 Å². The van der Waals surface area contributed by atoms with Gasteiger partial charge in [0.2, 0.25) is 0 Å². The Hall–Kier alpha value is -2.35. The number of aryl methyl sites for hydroxylation is 1. The van der Waals surface area contributed by atoms with Gasteiger partial charge < -0.3 is 4.74 Å². The highest BCUT2D eigenvalue weighted by Gasteiger charge is 1.97. The van der Waals surface area contributed by atoms with Crippen molar-refractivity contribution in [2.24, 2.45) is 0 Å². The number of carbonyl (C=O) groups is 1. The third-order valence-corrected chi connectivity index (χ3v) is 2.92. The molecule has 0 atom stereocenters. The van der Waals surface area contributed by atoms with Crippen molar-refractivity contribution < 1.29 is 9.53 Å². The van der Waals surface area contributed by atoms with Gasteiger partial charge in [-0.3, -0.25) is 0 Å². The van der Waals surface area contributed by atoms with Gasteiger partial charge in [-0.05, 0) is 24.0 Å². The maximum absolute atomic E-state index is 11.5. The fourth-order valence-corrected chi connectivity index (χ4v) is 1.85. The number of esters is 1. The van der Waals surface area contributed by atoms with Crippen LogP contribution in [0.25, 0.3) is 0 Å². The summed E-state index contributed by atoms with van der Waals surface area (Å²) in [5.74, 6) is -0.290. The van der Waals surface area contributed by atoms with Crippen LogP contribution in [-0.4, -0.2) is 5.97 Å². The van der Waals surface area contributed by atoms with Gasteiger partial charge in [0.1, 0.15) is 6.61 Å². The van der Waals surface area contributed by atoms with E-state index in [2.05, 4.69) is 12.1 Å². The lowest BCUT2D eigenvalue weighted by atomic mass is 10.1. The molecule has 0 N–H and O–H groups in total. The van der Waals surface area contributed by atoms with Crippen molar-refractivity contribution in [3.05, 3.63) is 83.9 Å². The normalized spacial score (nSPS) is 10.6. The van der Waals surface area contributed by atoms with E-state index in [1.165, 1.54) is 11.6 Å². The van der Waals surface area contributed by atoms with E-state index in [-0.39, 0.29) is 5.97 Å². The molecule has 2 heteroatoms. The first kappa shape index (κ1) is 14.1. The molecule has 0 bridgehead atoms. The number of hydrogen-bond donors (Lipinski definition) is 0. The second-order valence-corrected chi connectivity index (χ2v) is 4.52. The Morgan fingerprint density at radius 1 is 0.900 bits per heavy atom. The van der Waals surface area contributed by atoms with Crippen molar-refractivity contribution in [2.75, 3.05) is 0 Å². The van der Waals surface area contributed by atoms with Crippen LogP contribution in [0.4, 0.5) is 0 Å². The molecule has 0 saturated carbocycles. The van der Waals surface area contributed by atoms with E-state index in [0.29, 0.717) is 6.61 Å². The van der Waals surface area contributed by atoms with Crippen LogP contribution in [0.2, 0.25) is 0 Å². The number of hydrogen-bond acceptors (Lipinski definition) is 2. The van der Waals surface area contributed by atoms with Crippen molar-refractivity contribution in [3.63, 3.8) is 0 Å². The van der Waals surface area contributed by atoms with Crippen LogP contribution in [0.15, 0.2) is 72.8 Å². The highest BCUT2D eigenvalue weighted by Crippen LogP contribution is 2.04. The summed E-state index contributed by atoms with van der Waals surface area (Å²) in [6.45, 7) is 0.322. The van der Waals surface area contributed by atoms with Crippen molar-refractivity contribution >= 4 is 5.97 Å². The molecule has 20 heavy (non-hydrogen) atoms. The Kier molecular flexibility index (Phi) is 5.59. The van der Waals surface area contributed by atoms with E-state index in [1.54, 1.807) is 0 Å². The predicted molar refractivity (Wildman–Crippen MR) is 80.1 cm³/mol. The Morgan fingerprint density at radius 2 is 1.50 bits per heavy atom. The summed E-state index contributed by atoms with van der Waals surface area (Å²) >= 11 is 0. The molecule has 0 radical (unpaired) electrons. The van der Waals surface area contributed by atoms with Crippen LogP contribution in [0, 0.1) is 0 Å². The number of ether oxygens (including phenoxy) is 1. The highest BCUT2D eigenvalue weighted by molar-refractivity contribution is 5.81. The van der Waals surface area contributed by atoms with Crippen LogP contribution >= 0.6 is 0 Å². The van der Waals surface area contributed by atoms with Crippen LogP contribution in [0.3, 0.4) is 0 Å². The Bertz CT molecular complexity index is 544. The summed E-state index contributed by atoms with van der Waals surface area (Å²) < 4.78 is 5.15. The SMILES string of the molecule is O=C(/C=C/CCc1ccccc1)OCc1ccccc1.